The van der Waals surface area contributed by atoms with Crippen LogP contribution in [0.25, 0.3) is 0 Å². The molecule has 0 aliphatic heterocycles. The summed E-state index contributed by atoms with van der Waals surface area (Å²) in [6.07, 6.45) is 5.03. The van der Waals surface area contributed by atoms with Crippen LogP contribution < -0.4 is 11.1 Å². The summed E-state index contributed by atoms with van der Waals surface area (Å²) in [6.45, 7) is 6.50. The van der Waals surface area contributed by atoms with Crippen molar-refractivity contribution in [2.24, 2.45) is 16.6 Å². The van der Waals surface area contributed by atoms with Gasteiger partial charge in [0.1, 0.15) is 0 Å². The topological polar surface area (TPSA) is 50.4 Å². The Morgan fingerprint density at radius 3 is 2.36 bits per heavy atom. The maximum absolute atomic E-state index is 5.83. The predicted molar refractivity (Wildman–Crippen MR) is 61.3 cm³/mol. The van der Waals surface area contributed by atoms with Gasteiger partial charge in [-0.15, -0.1) is 0 Å². The van der Waals surface area contributed by atoms with E-state index < -0.39 is 0 Å². The van der Waals surface area contributed by atoms with Crippen LogP contribution in [0.4, 0.5) is 0 Å². The zero-order chi connectivity index (χ0) is 10.6. The lowest BCUT2D eigenvalue weighted by molar-refractivity contribution is 0.483. The lowest BCUT2D eigenvalue weighted by Crippen LogP contribution is -2.41. The SMILES string of the molecule is CC(C)C(C)NC(N)=NC1CCCC1. The molecule has 1 saturated carbocycles. The van der Waals surface area contributed by atoms with Gasteiger partial charge in [0.25, 0.3) is 0 Å². The van der Waals surface area contributed by atoms with E-state index in [1.165, 1.54) is 25.7 Å². The Morgan fingerprint density at radius 1 is 1.29 bits per heavy atom. The lowest BCUT2D eigenvalue weighted by atomic mass is 10.1. The number of hydrogen-bond donors (Lipinski definition) is 2. The van der Waals surface area contributed by atoms with E-state index in [9.17, 15) is 0 Å². The fourth-order valence-corrected chi connectivity index (χ4v) is 1.67. The van der Waals surface area contributed by atoms with E-state index in [1.54, 1.807) is 0 Å². The Hall–Kier alpha value is -0.730. The first kappa shape index (κ1) is 11.3. The zero-order valence-electron chi connectivity index (χ0n) is 9.59. The molecule has 0 aromatic rings. The van der Waals surface area contributed by atoms with Crippen LogP contribution in [0.3, 0.4) is 0 Å². The Balaban J connectivity index is 2.35. The molecule has 1 aliphatic carbocycles. The zero-order valence-corrected chi connectivity index (χ0v) is 9.59. The molecule has 1 aliphatic rings. The van der Waals surface area contributed by atoms with Crippen LogP contribution in [0, 0.1) is 5.92 Å². The van der Waals surface area contributed by atoms with Gasteiger partial charge in [-0.3, -0.25) is 4.99 Å². The number of guanidine groups is 1. The summed E-state index contributed by atoms with van der Waals surface area (Å²) in [5, 5.41) is 3.23. The van der Waals surface area contributed by atoms with E-state index in [4.69, 9.17) is 5.73 Å². The van der Waals surface area contributed by atoms with Crippen LogP contribution in [0.1, 0.15) is 46.5 Å². The monoisotopic (exact) mass is 197 g/mol. The molecule has 0 radical (unpaired) electrons. The second-order valence-corrected chi connectivity index (χ2v) is 4.63. The summed E-state index contributed by atoms with van der Waals surface area (Å²) in [5.41, 5.74) is 5.83. The highest BCUT2D eigenvalue weighted by Crippen LogP contribution is 2.20. The Kier molecular flexibility index (Phi) is 4.23. The maximum atomic E-state index is 5.83. The average molecular weight is 197 g/mol. The van der Waals surface area contributed by atoms with Crippen LogP contribution in [0.15, 0.2) is 4.99 Å². The number of nitrogens with zero attached hydrogens (tertiary/aromatic N) is 1. The van der Waals surface area contributed by atoms with E-state index in [-0.39, 0.29) is 0 Å². The average Bonchev–Trinajstić information content (AvgIpc) is 2.56. The molecule has 0 heterocycles. The van der Waals surface area contributed by atoms with E-state index >= 15 is 0 Å². The molecule has 3 nitrogen and oxygen atoms in total. The van der Waals surface area contributed by atoms with Crippen molar-refractivity contribution in [2.45, 2.75) is 58.5 Å². The van der Waals surface area contributed by atoms with Crippen molar-refractivity contribution in [1.82, 2.24) is 5.32 Å². The van der Waals surface area contributed by atoms with E-state index in [0.29, 0.717) is 24.0 Å². The minimum absolute atomic E-state index is 0.403. The van der Waals surface area contributed by atoms with Crippen molar-refractivity contribution < 1.29 is 0 Å². The van der Waals surface area contributed by atoms with Crippen molar-refractivity contribution in [3.05, 3.63) is 0 Å². The van der Waals surface area contributed by atoms with Crippen LogP contribution in [0.2, 0.25) is 0 Å². The van der Waals surface area contributed by atoms with Crippen molar-refractivity contribution >= 4 is 5.96 Å². The number of hydrogen-bond acceptors (Lipinski definition) is 1. The van der Waals surface area contributed by atoms with Crippen molar-refractivity contribution in [3.63, 3.8) is 0 Å². The minimum atomic E-state index is 0.403. The normalized spacial score (nSPS) is 21.6. The van der Waals surface area contributed by atoms with Gasteiger partial charge in [-0.1, -0.05) is 26.7 Å². The highest BCUT2D eigenvalue weighted by atomic mass is 15.1. The Morgan fingerprint density at radius 2 is 1.86 bits per heavy atom. The van der Waals surface area contributed by atoms with E-state index in [1.807, 2.05) is 0 Å². The molecule has 0 bridgehead atoms. The van der Waals surface area contributed by atoms with Crippen LogP contribution in [0.5, 0.6) is 0 Å². The van der Waals surface area contributed by atoms with Gasteiger partial charge < -0.3 is 11.1 Å². The molecular weight excluding hydrogens is 174 g/mol. The fourth-order valence-electron chi connectivity index (χ4n) is 1.67. The van der Waals surface area contributed by atoms with Gasteiger partial charge in [-0.2, -0.15) is 0 Å². The Bertz CT molecular complexity index is 193. The highest BCUT2D eigenvalue weighted by Gasteiger charge is 2.14. The molecule has 3 N–H and O–H groups in total. The minimum Gasteiger partial charge on any atom is -0.370 e. The fraction of sp³-hybridized carbons (Fsp3) is 0.909. The summed E-state index contributed by atoms with van der Waals surface area (Å²) < 4.78 is 0. The van der Waals surface area contributed by atoms with Gasteiger partial charge in [-0.25, -0.2) is 0 Å². The summed E-state index contributed by atoms with van der Waals surface area (Å²) >= 11 is 0. The van der Waals surface area contributed by atoms with Crippen molar-refractivity contribution in [3.8, 4) is 0 Å². The van der Waals surface area contributed by atoms with Crippen LogP contribution in [-0.4, -0.2) is 18.0 Å². The van der Waals surface area contributed by atoms with Crippen LogP contribution >= 0.6 is 0 Å². The molecule has 0 saturated heterocycles. The van der Waals surface area contributed by atoms with Gasteiger partial charge in [-0.05, 0) is 25.7 Å². The summed E-state index contributed by atoms with van der Waals surface area (Å²) in [6, 6.07) is 0.877. The van der Waals surface area contributed by atoms with Crippen LogP contribution in [-0.2, 0) is 0 Å². The highest BCUT2D eigenvalue weighted by molar-refractivity contribution is 5.78. The molecule has 1 atom stereocenters. The van der Waals surface area contributed by atoms with Gasteiger partial charge in [0, 0.05) is 6.04 Å². The molecule has 0 aromatic heterocycles. The molecule has 14 heavy (non-hydrogen) atoms. The molecule has 1 fully saturated rings. The second kappa shape index (κ2) is 5.23. The van der Waals surface area contributed by atoms with Gasteiger partial charge in [0.05, 0.1) is 6.04 Å². The van der Waals surface area contributed by atoms with E-state index in [0.717, 1.165) is 0 Å². The molecule has 1 rings (SSSR count). The first-order valence-corrected chi connectivity index (χ1v) is 5.69. The lowest BCUT2D eigenvalue weighted by Gasteiger charge is -2.18. The van der Waals surface area contributed by atoms with Crippen molar-refractivity contribution in [1.29, 1.82) is 0 Å². The first-order valence-electron chi connectivity index (χ1n) is 5.69. The quantitative estimate of drug-likeness (QED) is 0.536. The largest absolute Gasteiger partial charge is 0.370 e. The van der Waals surface area contributed by atoms with Gasteiger partial charge >= 0.3 is 0 Å². The number of rotatable bonds is 3. The smallest absolute Gasteiger partial charge is 0.189 e. The summed E-state index contributed by atoms with van der Waals surface area (Å²) in [7, 11) is 0. The Labute approximate surface area is 87.2 Å². The van der Waals surface area contributed by atoms with E-state index in [2.05, 4.69) is 31.1 Å². The number of aliphatic imine (C=N–C) groups is 1. The third kappa shape index (κ3) is 3.56. The summed E-state index contributed by atoms with van der Waals surface area (Å²) in [5.74, 6) is 1.21. The molecule has 1 unspecified atom stereocenters. The maximum Gasteiger partial charge on any atom is 0.189 e. The predicted octanol–water partition coefficient (Wildman–Crippen LogP) is 1.88. The van der Waals surface area contributed by atoms with Crippen molar-refractivity contribution in [2.75, 3.05) is 0 Å². The molecular formula is C11H23N3. The molecule has 0 aromatic carbocycles. The standard InChI is InChI=1S/C11H23N3/c1-8(2)9(3)13-11(12)14-10-6-4-5-7-10/h8-10H,4-7H2,1-3H3,(H3,12,13,14). The first-order chi connectivity index (χ1) is 6.59. The molecule has 3 heteroatoms. The summed E-state index contributed by atoms with van der Waals surface area (Å²) in [4.78, 5) is 4.48. The number of nitrogens with one attached hydrogen (secondary N) is 1. The molecule has 82 valence electrons. The van der Waals surface area contributed by atoms with Gasteiger partial charge in [0.15, 0.2) is 5.96 Å². The third-order valence-corrected chi connectivity index (χ3v) is 3.02. The number of nitrogens with two attached hydrogens (primary N) is 1. The molecule has 0 spiro atoms. The third-order valence-electron chi connectivity index (χ3n) is 3.02. The molecule has 0 amide bonds. The van der Waals surface area contributed by atoms with Gasteiger partial charge in [0.2, 0.25) is 0 Å². The second-order valence-electron chi connectivity index (χ2n) is 4.63.